The molecular formula is C15H10Cl2N2O2S. The van der Waals surface area contributed by atoms with Crippen LogP contribution in [0.2, 0.25) is 10.0 Å². The van der Waals surface area contributed by atoms with Crippen molar-refractivity contribution in [2.75, 3.05) is 0 Å². The molecule has 4 nitrogen and oxygen atoms in total. The number of carbonyl (C=O) groups excluding carboxylic acids is 1. The van der Waals surface area contributed by atoms with Crippen LogP contribution in [0.4, 0.5) is 0 Å². The lowest BCUT2D eigenvalue weighted by Crippen LogP contribution is -2.32. The van der Waals surface area contributed by atoms with Crippen molar-refractivity contribution in [3.05, 3.63) is 64.3 Å². The fourth-order valence-electron chi connectivity index (χ4n) is 1.84. The summed E-state index contributed by atoms with van der Waals surface area (Å²) in [5, 5.41) is 1.97. The maximum absolute atomic E-state index is 12.0. The molecule has 7 heteroatoms. The van der Waals surface area contributed by atoms with E-state index in [1.165, 1.54) is 11.9 Å². The minimum Gasteiger partial charge on any atom is -0.451 e. The molecule has 1 heterocycles. The lowest BCUT2D eigenvalue weighted by molar-refractivity contribution is 0.0921. The minimum atomic E-state index is -0.383. The topological polar surface area (TPSA) is 54.3 Å². The van der Waals surface area contributed by atoms with Gasteiger partial charge < -0.3 is 4.42 Å². The number of benzene rings is 2. The van der Waals surface area contributed by atoms with Crippen molar-refractivity contribution in [3.8, 4) is 0 Å². The molecule has 0 bridgehead atoms. The molecule has 0 fully saturated rings. The van der Waals surface area contributed by atoms with Gasteiger partial charge in [0.1, 0.15) is 5.58 Å². The summed E-state index contributed by atoms with van der Waals surface area (Å²) in [6.07, 6.45) is 0. The van der Waals surface area contributed by atoms with Crippen molar-refractivity contribution in [2.45, 2.75) is 4.90 Å². The van der Waals surface area contributed by atoms with Crippen LogP contribution >= 0.6 is 35.1 Å². The lowest BCUT2D eigenvalue weighted by atomic mass is 10.2. The molecule has 1 amide bonds. The predicted molar refractivity (Wildman–Crippen MR) is 89.1 cm³/mol. The summed E-state index contributed by atoms with van der Waals surface area (Å²) in [5.41, 5.74) is 3.14. The standard InChI is InChI=1S/C15H10Cl2N2O2S/c16-10-5-6-12-9(7-10)8-13(21-12)15(20)18-19-22-14-4-2-1-3-11(14)17/h1-8,19H,(H,18,20). The third kappa shape index (κ3) is 3.39. The van der Waals surface area contributed by atoms with Crippen molar-refractivity contribution < 1.29 is 9.21 Å². The van der Waals surface area contributed by atoms with Gasteiger partial charge in [0, 0.05) is 15.3 Å². The molecule has 0 spiro atoms. The number of hydrogen-bond acceptors (Lipinski definition) is 4. The Kier molecular flexibility index (Phi) is 4.59. The maximum atomic E-state index is 12.0. The van der Waals surface area contributed by atoms with Crippen LogP contribution in [-0.4, -0.2) is 5.91 Å². The van der Waals surface area contributed by atoms with E-state index in [-0.39, 0.29) is 11.7 Å². The predicted octanol–water partition coefficient (Wildman–Crippen LogP) is 4.68. The third-order valence-corrected chi connectivity index (χ3v) is 4.32. The molecule has 0 aliphatic carbocycles. The molecular weight excluding hydrogens is 343 g/mol. The van der Waals surface area contributed by atoms with Crippen molar-refractivity contribution in [1.82, 2.24) is 10.3 Å². The van der Waals surface area contributed by atoms with Crippen LogP contribution in [0.3, 0.4) is 0 Å². The highest BCUT2D eigenvalue weighted by Gasteiger charge is 2.12. The number of fused-ring (bicyclic) bond motifs is 1. The van der Waals surface area contributed by atoms with Crippen LogP contribution in [0, 0.1) is 0 Å². The van der Waals surface area contributed by atoms with Gasteiger partial charge in [-0.3, -0.25) is 10.2 Å². The average molecular weight is 353 g/mol. The van der Waals surface area contributed by atoms with E-state index in [4.69, 9.17) is 27.6 Å². The summed E-state index contributed by atoms with van der Waals surface area (Å²) >= 11 is 13.1. The smallest absolute Gasteiger partial charge is 0.301 e. The first kappa shape index (κ1) is 15.2. The van der Waals surface area contributed by atoms with Gasteiger partial charge in [0.15, 0.2) is 5.76 Å². The van der Waals surface area contributed by atoms with Gasteiger partial charge in [0.25, 0.3) is 0 Å². The second kappa shape index (κ2) is 6.62. The van der Waals surface area contributed by atoms with Gasteiger partial charge in [0.2, 0.25) is 0 Å². The molecule has 1 aromatic heterocycles. The van der Waals surface area contributed by atoms with E-state index in [2.05, 4.69) is 10.3 Å². The second-order valence-corrected chi connectivity index (χ2v) is 6.07. The second-order valence-electron chi connectivity index (χ2n) is 4.38. The van der Waals surface area contributed by atoms with E-state index in [0.717, 1.165) is 10.3 Å². The Morgan fingerprint density at radius 2 is 1.91 bits per heavy atom. The Balaban J connectivity index is 1.65. The van der Waals surface area contributed by atoms with Crippen LogP contribution in [0.25, 0.3) is 11.0 Å². The maximum Gasteiger partial charge on any atom is 0.301 e. The summed E-state index contributed by atoms with van der Waals surface area (Å²) in [6.45, 7) is 0. The summed E-state index contributed by atoms with van der Waals surface area (Å²) in [7, 11) is 0. The molecule has 0 atom stereocenters. The number of amides is 1. The van der Waals surface area contributed by atoms with E-state index in [9.17, 15) is 4.79 Å². The van der Waals surface area contributed by atoms with Crippen LogP contribution in [0.15, 0.2) is 57.8 Å². The van der Waals surface area contributed by atoms with E-state index in [1.807, 2.05) is 18.2 Å². The molecule has 0 saturated carbocycles. The zero-order valence-electron chi connectivity index (χ0n) is 11.1. The van der Waals surface area contributed by atoms with Gasteiger partial charge in [-0.1, -0.05) is 35.3 Å². The Labute approximate surface area is 140 Å². The highest BCUT2D eigenvalue weighted by molar-refractivity contribution is 7.97. The molecule has 3 rings (SSSR count). The SMILES string of the molecule is O=C(NNSc1ccccc1Cl)c1cc2cc(Cl)ccc2o1. The Morgan fingerprint density at radius 1 is 1.09 bits per heavy atom. The van der Waals surface area contributed by atoms with E-state index in [1.54, 1.807) is 30.3 Å². The molecule has 22 heavy (non-hydrogen) atoms. The molecule has 112 valence electrons. The monoisotopic (exact) mass is 352 g/mol. The van der Waals surface area contributed by atoms with Gasteiger partial charge in [-0.25, -0.2) is 0 Å². The molecule has 0 aliphatic heterocycles. The Bertz CT molecular complexity index is 835. The summed E-state index contributed by atoms with van der Waals surface area (Å²) in [4.78, 5) is 15.6. The number of rotatable bonds is 4. The summed E-state index contributed by atoms with van der Waals surface area (Å²) < 4.78 is 5.47. The number of hydrogen-bond donors (Lipinski definition) is 2. The highest BCUT2D eigenvalue weighted by atomic mass is 35.5. The van der Waals surface area contributed by atoms with Gasteiger partial charge >= 0.3 is 5.91 Å². The van der Waals surface area contributed by atoms with E-state index in [0.29, 0.717) is 15.6 Å². The van der Waals surface area contributed by atoms with Crippen molar-refractivity contribution in [2.24, 2.45) is 0 Å². The largest absolute Gasteiger partial charge is 0.451 e. The summed E-state index contributed by atoms with van der Waals surface area (Å²) in [6, 6.07) is 14.1. The summed E-state index contributed by atoms with van der Waals surface area (Å²) in [5.74, 6) is -0.184. The Morgan fingerprint density at radius 3 is 2.73 bits per heavy atom. The molecule has 0 aliphatic rings. The number of hydrazine groups is 1. The van der Waals surface area contributed by atoms with Gasteiger partial charge in [-0.05, 0) is 48.3 Å². The first-order chi connectivity index (χ1) is 10.6. The van der Waals surface area contributed by atoms with Crippen LogP contribution in [-0.2, 0) is 0 Å². The minimum absolute atomic E-state index is 0.199. The zero-order chi connectivity index (χ0) is 15.5. The lowest BCUT2D eigenvalue weighted by Gasteiger charge is -2.05. The van der Waals surface area contributed by atoms with Crippen molar-refractivity contribution >= 4 is 52.0 Å². The van der Waals surface area contributed by atoms with E-state index < -0.39 is 0 Å². The van der Waals surface area contributed by atoms with Crippen LogP contribution < -0.4 is 10.3 Å². The van der Waals surface area contributed by atoms with Gasteiger partial charge in [0.05, 0.1) is 5.02 Å². The Hall–Kier alpha value is -1.66. The highest BCUT2D eigenvalue weighted by Crippen LogP contribution is 2.24. The number of furan rings is 1. The first-order valence-corrected chi connectivity index (χ1v) is 7.86. The number of nitrogens with one attached hydrogen (secondary N) is 2. The molecule has 3 aromatic rings. The van der Waals surface area contributed by atoms with Crippen molar-refractivity contribution in [1.29, 1.82) is 0 Å². The first-order valence-electron chi connectivity index (χ1n) is 6.29. The number of carbonyl (C=O) groups is 1. The number of halogens is 2. The third-order valence-electron chi connectivity index (χ3n) is 2.86. The van der Waals surface area contributed by atoms with Crippen molar-refractivity contribution in [3.63, 3.8) is 0 Å². The average Bonchev–Trinajstić information content (AvgIpc) is 2.92. The van der Waals surface area contributed by atoms with Gasteiger partial charge in [-0.15, -0.1) is 0 Å². The fraction of sp³-hybridized carbons (Fsp3) is 0. The molecule has 0 radical (unpaired) electrons. The molecule has 2 N–H and O–H groups in total. The van der Waals surface area contributed by atoms with E-state index >= 15 is 0 Å². The van der Waals surface area contributed by atoms with Gasteiger partial charge in [-0.2, -0.15) is 4.83 Å². The normalized spacial score (nSPS) is 10.8. The molecule has 2 aromatic carbocycles. The quantitative estimate of drug-likeness (QED) is 0.528. The molecule has 0 saturated heterocycles. The zero-order valence-corrected chi connectivity index (χ0v) is 13.4. The fourth-order valence-corrected chi connectivity index (χ4v) is 2.84. The van der Waals surface area contributed by atoms with Crippen LogP contribution in [0.1, 0.15) is 10.6 Å². The van der Waals surface area contributed by atoms with Crippen LogP contribution in [0.5, 0.6) is 0 Å². The molecule has 0 unspecified atom stereocenters.